The summed E-state index contributed by atoms with van der Waals surface area (Å²) < 4.78 is 5.33. The first kappa shape index (κ1) is 17.4. The molecule has 1 saturated heterocycles. The second-order valence-electron chi connectivity index (χ2n) is 6.43. The van der Waals surface area contributed by atoms with Crippen LogP contribution in [0.3, 0.4) is 0 Å². The molecule has 0 unspecified atom stereocenters. The van der Waals surface area contributed by atoms with E-state index in [4.69, 9.17) is 4.42 Å². The SMILES string of the molecule is CCNc1ccnc(N2CCN(Cc3cnc(-c4ccco4)nc3)CC2)n1. The molecule has 4 heterocycles. The lowest BCUT2D eigenvalue weighted by Gasteiger charge is -2.34. The summed E-state index contributed by atoms with van der Waals surface area (Å²) in [4.78, 5) is 22.4. The van der Waals surface area contributed by atoms with Crippen LogP contribution in [0.25, 0.3) is 11.6 Å². The van der Waals surface area contributed by atoms with Gasteiger partial charge in [0, 0.05) is 63.4 Å². The van der Waals surface area contributed by atoms with Crippen molar-refractivity contribution in [3.05, 3.63) is 48.6 Å². The lowest BCUT2D eigenvalue weighted by Crippen LogP contribution is -2.46. The van der Waals surface area contributed by atoms with E-state index >= 15 is 0 Å². The summed E-state index contributed by atoms with van der Waals surface area (Å²) in [5, 5.41) is 3.23. The van der Waals surface area contributed by atoms with Crippen LogP contribution in [-0.2, 0) is 6.54 Å². The molecule has 0 bridgehead atoms. The minimum atomic E-state index is 0.617. The maximum absolute atomic E-state index is 5.33. The average molecular weight is 365 g/mol. The first-order chi connectivity index (χ1) is 13.3. The Labute approximate surface area is 158 Å². The highest BCUT2D eigenvalue weighted by Gasteiger charge is 2.19. The number of hydrogen-bond acceptors (Lipinski definition) is 8. The van der Waals surface area contributed by atoms with Crippen LogP contribution < -0.4 is 10.2 Å². The zero-order valence-corrected chi connectivity index (χ0v) is 15.4. The van der Waals surface area contributed by atoms with Crippen LogP contribution in [0.15, 0.2) is 47.5 Å². The highest BCUT2D eigenvalue weighted by Crippen LogP contribution is 2.17. The molecule has 27 heavy (non-hydrogen) atoms. The van der Waals surface area contributed by atoms with Crippen molar-refractivity contribution in [3.63, 3.8) is 0 Å². The van der Waals surface area contributed by atoms with Crippen LogP contribution in [0.2, 0.25) is 0 Å². The fourth-order valence-corrected chi connectivity index (χ4v) is 3.11. The molecule has 8 heteroatoms. The zero-order valence-electron chi connectivity index (χ0n) is 15.4. The van der Waals surface area contributed by atoms with E-state index in [1.54, 1.807) is 6.26 Å². The second-order valence-corrected chi connectivity index (χ2v) is 6.43. The predicted octanol–water partition coefficient (Wildman–Crippen LogP) is 2.28. The molecule has 1 aliphatic heterocycles. The summed E-state index contributed by atoms with van der Waals surface area (Å²) in [7, 11) is 0. The van der Waals surface area contributed by atoms with Crippen molar-refractivity contribution in [2.45, 2.75) is 13.5 Å². The van der Waals surface area contributed by atoms with Crippen LogP contribution in [0.5, 0.6) is 0 Å². The van der Waals surface area contributed by atoms with Crippen LogP contribution in [0, 0.1) is 0 Å². The third kappa shape index (κ3) is 4.22. The summed E-state index contributed by atoms with van der Waals surface area (Å²) in [6.45, 7) is 7.46. The molecule has 0 aliphatic carbocycles. The van der Waals surface area contributed by atoms with E-state index < -0.39 is 0 Å². The van der Waals surface area contributed by atoms with Gasteiger partial charge >= 0.3 is 0 Å². The van der Waals surface area contributed by atoms with Crippen molar-refractivity contribution in [3.8, 4) is 11.6 Å². The van der Waals surface area contributed by atoms with E-state index in [1.807, 2.05) is 36.8 Å². The van der Waals surface area contributed by atoms with E-state index in [0.717, 1.165) is 56.6 Å². The van der Waals surface area contributed by atoms with E-state index in [9.17, 15) is 0 Å². The van der Waals surface area contributed by atoms with Gasteiger partial charge in [0.05, 0.1) is 6.26 Å². The standard InChI is InChI=1S/C19H23N7O/c1-2-20-17-5-6-21-19(24-17)26-9-7-25(8-10-26)14-15-12-22-18(23-13-15)16-4-3-11-27-16/h3-6,11-13H,2,7-10,14H2,1H3,(H,20,21,24). The minimum absolute atomic E-state index is 0.617. The molecule has 0 amide bonds. The number of rotatable bonds is 6. The van der Waals surface area contributed by atoms with Gasteiger partial charge in [-0.25, -0.2) is 15.0 Å². The summed E-state index contributed by atoms with van der Waals surface area (Å²) in [5.74, 6) is 2.97. The first-order valence-electron chi connectivity index (χ1n) is 9.21. The fraction of sp³-hybridized carbons (Fsp3) is 0.368. The largest absolute Gasteiger partial charge is 0.461 e. The number of aromatic nitrogens is 4. The molecular weight excluding hydrogens is 342 g/mol. The maximum Gasteiger partial charge on any atom is 0.227 e. The molecule has 0 spiro atoms. The van der Waals surface area contributed by atoms with Crippen molar-refractivity contribution in [2.75, 3.05) is 42.9 Å². The summed E-state index contributed by atoms with van der Waals surface area (Å²) >= 11 is 0. The smallest absolute Gasteiger partial charge is 0.227 e. The third-order valence-corrected chi connectivity index (χ3v) is 4.51. The van der Waals surface area contributed by atoms with Crippen molar-refractivity contribution in [1.82, 2.24) is 24.8 Å². The van der Waals surface area contributed by atoms with Crippen molar-refractivity contribution in [2.24, 2.45) is 0 Å². The van der Waals surface area contributed by atoms with E-state index in [1.165, 1.54) is 0 Å². The number of nitrogens with zero attached hydrogens (tertiary/aromatic N) is 6. The molecule has 8 nitrogen and oxygen atoms in total. The molecule has 0 atom stereocenters. The summed E-state index contributed by atoms with van der Waals surface area (Å²) in [6.07, 6.45) is 7.19. The van der Waals surface area contributed by atoms with Gasteiger partial charge in [0.25, 0.3) is 0 Å². The fourth-order valence-electron chi connectivity index (χ4n) is 3.11. The summed E-state index contributed by atoms with van der Waals surface area (Å²) in [6, 6.07) is 5.60. The van der Waals surface area contributed by atoms with Gasteiger partial charge < -0.3 is 14.6 Å². The predicted molar refractivity (Wildman–Crippen MR) is 103 cm³/mol. The highest BCUT2D eigenvalue weighted by molar-refractivity contribution is 5.45. The Morgan fingerprint density at radius 1 is 1.07 bits per heavy atom. The van der Waals surface area contributed by atoms with Gasteiger partial charge in [0.2, 0.25) is 5.95 Å². The Bertz CT molecular complexity index is 843. The topological polar surface area (TPSA) is 83.2 Å². The Morgan fingerprint density at radius 3 is 2.59 bits per heavy atom. The monoisotopic (exact) mass is 365 g/mol. The molecular formula is C19H23N7O. The van der Waals surface area contributed by atoms with Gasteiger partial charge in [-0.3, -0.25) is 4.90 Å². The van der Waals surface area contributed by atoms with Crippen molar-refractivity contribution in [1.29, 1.82) is 0 Å². The van der Waals surface area contributed by atoms with Gasteiger partial charge in [0.1, 0.15) is 5.82 Å². The Hall–Kier alpha value is -3.00. The van der Waals surface area contributed by atoms with Gasteiger partial charge in [0.15, 0.2) is 11.6 Å². The number of anilines is 2. The Kier molecular flexibility index (Phi) is 5.24. The number of hydrogen-bond donors (Lipinski definition) is 1. The van der Waals surface area contributed by atoms with Gasteiger partial charge in [-0.15, -0.1) is 0 Å². The van der Waals surface area contributed by atoms with E-state index in [2.05, 4.69) is 42.0 Å². The molecule has 0 saturated carbocycles. The average Bonchev–Trinajstić information content (AvgIpc) is 3.25. The molecule has 4 rings (SSSR count). The van der Waals surface area contributed by atoms with Crippen LogP contribution >= 0.6 is 0 Å². The molecule has 1 aliphatic rings. The van der Waals surface area contributed by atoms with Gasteiger partial charge in [-0.05, 0) is 25.1 Å². The molecule has 1 N–H and O–H groups in total. The molecule has 1 fully saturated rings. The molecule has 3 aromatic heterocycles. The van der Waals surface area contributed by atoms with Crippen LogP contribution in [0.4, 0.5) is 11.8 Å². The first-order valence-corrected chi connectivity index (χ1v) is 9.21. The van der Waals surface area contributed by atoms with Gasteiger partial charge in [-0.2, -0.15) is 4.98 Å². The molecule has 3 aromatic rings. The maximum atomic E-state index is 5.33. The van der Waals surface area contributed by atoms with Crippen molar-refractivity contribution >= 4 is 11.8 Å². The summed E-state index contributed by atoms with van der Waals surface area (Å²) in [5.41, 5.74) is 1.10. The lowest BCUT2D eigenvalue weighted by molar-refractivity contribution is 0.248. The lowest BCUT2D eigenvalue weighted by atomic mass is 10.2. The Balaban J connectivity index is 1.32. The van der Waals surface area contributed by atoms with E-state index in [0.29, 0.717) is 11.6 Å². The minimum Gasteiger partial charge on any atom is -0.461 e. The molecule has 0 radical (unpaired) electrons. The quantitative estimate of drug-likeness (QED) is 0.712. The Morgan fingerprint density at radius 2 is 1.89 bits per heavy atom. The number of nitrogens with one attached hydrogen (secondary N) is 1. The second kappa shape index (κ2) is 8.13. The van der Waals surface area contributed by atoms with Gasteiger partial charge in [-0.1, -0.05) is 0 Å². The van der Waals surface area contributed by atoms with Crippen LogP contribution in [-0.4, -0.2) is 57.6 Å². The number of piperazine rings is 1. The highest BCUT2D eigenvalue weighted by atomic mass is 16.3. The normalized spacial score (nSPS) is 15.1. The zero-order chi connectivity index (χ0) is 18.5. The van der Waals surface area contributed by atoms with Crippen LogP contribution in [0.1, 0.15) is 12.5 Å². The van der Waals surface area contributed by atoms with E-state index in [-0.39, 0.29) is 0 Å². The molecule has 140 valence electrons. The molecule has 0 aromatic carbocycles. The third-order valence-electron chi connectivity index (χ3n) is 4.51. The van der Waals surface area contributed by atoms with Crippen molar-refractivity contribution < 1.29 is 4.42 Å². The number of furan rings is 1.